The Morgan fingerprint density at radius 2 is 2.21 bits per heavy atom. The number of hydrogen-bond donors (Lipinski definition) is 2. The van der Waals surface area contributed by atoms with Crippen molar-refractivity contribution in [1.82, 2.24) is 15.1 Å². The molecule has 0 saturated carbocycles. The van der Waals surface area contributed by atoms with Gasteiger partial charge in [0.2, 0.25) is 5.91 Å². The number of likely N-dealkylation sites (N-methyl/N-ethyl adjacent to an activating group) is 2. The standard InChI is InChI=1S/C12H21N3O4/c1-4-9(11(17)18)15(3)12(19)13-8-5-6-10(16)14(2)7-8/h8-9H,4-7H2,1-3H3,(H,13,19)(H,17,18). The van der Waals surface area contributed by atoms with E-state index in [4.69, 9.17) is 5.11 Å². The highest BCUT2D eigenvalue weighted by Crippen LogP contribution is 2.10. The summed E-state index contributed by atoms with van der Waals surface area (Å²) in [5, 5.41) is 11.8. The molecule has 1 fully saturated rings. The molecule has 1 aliphatic heterocycles. The van der Waals surface area contributed by atoms with Gasteiger partial charge in [-0.2, -0.15) is 0 Å². The van der Waals surface area contributed by atoms with Crippen LogP contribution in [0.1, 0.15) is 26.2 Å². The van der Waals surface area contributed by atoms with E-state index in [0.29, 0.717) is 25.8 Å². The Balaban J connectivity index is 2.55. The molecule has 1 aliphatic rings. The maximum atomic E-state index is 12.0. The Morgan fingerprint density at radius 1 is 1.58 bits per heavy atom. The average Bonchev–Trinajstić information content (AvgIpc) is 2.34. The van der Waals surface area contributed by atoms with Gasteiger partial charge < -0.3 is 20.2 Å². The summed E-state index contributed by atoms with van der Waals surface area (Å²) < 4.78 is 0. The fourth-order valence-corrected chi connectivity index (χ4v) is 2.16. The van der Waals surface area contributed by atoms with E-state index in [0.717, 1.165) is 0 Å². The van der Waals surface area contributed by atoms with E-state index in [1.165, 1.54) is 11.9 Å². The normalized spacial score (nSPS) is 20.9. The maximum Gasteiger partial charge on any atom is 0.326 e. The summed E-state index contributed by atoms with van der Waals surface area (Å²) in [5.74, 6) is -0.952. The minimum absolute atomic E-state index is 0.0656. The Kier molecular flexibility index (Phi) is 5.14. The summed E-state index contributed by atoms with van der Waals surface area (Å²) in [5.41, 5.74) is 0. The van der Waals surface area contributed by atoms with Crippen molar-refractivity contribution in [3.05, 3.63) is 0 Å². The molecule has 1 saturated heterocycles. The Hall–Kier alpha value is -1.79. The number of carboxylic acid groups (broad SMARTS) is 1. The van der Waals surface area contributed by atoms with Crippen LogP contribution in [0.3, 0.4) is 0 Å². The third-order valence-corrected chi connectivity index (χ3v) is 3.41. The molecular weight excluding hydrogens is 250 g/mol. The monoisotopic (exact) mass is 271 g/mol. The summed E-state index contributed by atoms with van der Waals surface area (Å²) in [6.07, 6.45) is 1.34. The molecule has 0 aromatic heterocycles. The molecule has 0 aromatic rings. The van der Waals surface area contributed by atoms with Gasteiger partial charge in [0.25, 0.3) is 0 Å². The van der Waals surface area contributed by atoms with E-state index < -0.39 is 18.0 Å². The quantitative estimate of drug-likeness (QED) is 0.759. The van der Waals surface area contributed by atoms with Crippen LogP contribution < -0.4 is 5.32 Å². The van der Waals surface area contributed by atoms with Gasteiger partial charge in [-0.25, -0.2) is 9.59 Å². The summed E-state index contributed by atoms with van der Waals surface area (Å²) in [6, 6.07) is -1.37. The van der Waals surface area contributed by atoms with Crippen LogP contribution in [0, 0.1) is 0 Å². The molecule has 108 valence electrons. The third kappa shape index (κ3) is 3.84. The Bertz CT molecular complexity index is 372. The number of urea groups is 1. The van der Waals surface area contributed by atoms with Crippen molar-refractivity contribution in [2.45, 2.75) is 38.3 Å². The number of amides is 3. The lowest BCUT2D eigenvalue weighted by atomic mass is 10.1. The van der Waals surface area contributed by atoms with E-state index in [1.54, 1.807) is 18.9 Å². The Labute approximate surface area is 112 Å². The van der Waals surface area contributed by atoms with Crippen LogP contribution in [0.15, 0.2) is 0 Å². The van der Waals surface area contributed by atoms with Gasteiger partial charge in [-0.05, 0) is 12.8 Å². The van der Waals surface area contributed by atoms with Gasteiger partial charge >= 0.3 is 12.0 Å². The van der Waals surface area contributed by atoms with E-state index in [-0.39, 0.29) is 11.9 Å². The molecule has 1 heterocycles. The first kappa shape index (κ1) is 15.3. The summed E-state index contributed by atoms with van der Waals surface area (Å²) in [4.78, 5) is 37.0. The first-order valence-electron chi connectivity index (χ1n) is 6.36. The number of likely N-dealkylation sites (tertiary alicyclic amines) is 1. The highest BCUT2D eigenvalue weighted by Gasteiger charge is 2.28. The van der Waals surface area contributed by atoms with E-state index >= 15 is 0 Å². The fourth-order valence-electron chi connectivity index (χ4n) is 2.16. The minimum Gasteiger partial charge on any atom is -0.480 e. The number of rotatable bonds is 4. The van der Waals surface area contributed by atoms with Gasteiger partial charge in [0.1, 0.15) is 6.04 Å². The minimum atomic E-state index is -1.02. The second-order valence-electron chi connectivity index (χ2n) is 4.83. The number of hydrogen-bond acceptors (Lipinski definition) is 3. The smallest absolute Gasteiger partial charge is 0.326 e. The first-order chi connectivity index (χ1) is 8.86. The van der Waals surface area contributed by atoms with Gasteiger partial charge in [0.15, 0.2) is 0 Å². The van der Waals surface area contributed by atoms with Crippen molar-refractivity contribution in [1.29, 1.82) is 0 Å². The van der Waals surface area contributed by atoms with Crippen LogP contribution in [0.5, 0.6) is 0 Å². The third-order valence-electron chi connectivity index (χ3n) is 3.41. The van der Waals surface area contributed by atoms with Crippen molar-refractivity contribution < 1.29 is 19.5 Å². The molecule has 0 bridgehead atoms. The van der Waals surface area contributed by atoms with Crippen molar-refractivity contribution in [2.75, 3.05) is 20.6 Å². The summed E-state index contributed by atoms with van der Waals surface area (Å²) in [7, 11) is 3.16. The topological polar surface area (TPSA) is 90.0 Å². The number of aliphatic carboxylic acids is 1. The van der Waals surface area contributed by atoms with Gasteiger partial charge in [0, 0.05) is 33.1 Å². The molecule has 2 unspecified atom stereocenters. The van der Waals surface area contributed by atoms with Crippen LogP contribution in [-0.2, 0) is 9.59 Å². The number of carbonyl (C=O) groups excluding carboxylic acids is 2. The SMILES string of the molecule is CCC(C(=O)O)N(C)C(=O)NC1CCC(=O)N(C)C1. The molecular formula is C12H21N3O4. The van der Waals surface area contributed by atoms with Crippen molar-refractivity contribution >= 4 is 17.9 Å². The lowest BCUT2D eigenvalue weighted by Gasteiger charge is -2.32. The molecule has 0 spiro atoms. The second kappa shape index (κ2) is 6.40. The van der Waals surface area contributed by atoms with Crippen molar-refractivity contribution in [3.63, 3.8) is 0 Å². The van der Waals surface area contributed by atoms with Crippen molar-refractivity contribution in [3.8, 4) is 0 Å². The first-order valence-corrected chi connectivity index (χ1v) is 6.36. The lowest BCUT2D eigenvalue weighted by molar-refractivity contribution is -0.141. The highest BCUT2D eigenvalue weighted by atomic mass is 16.4. The Morgan fingerprint density at radius 3 is 2.68 bits per heavy atom. The van der Waals surface area contributed by atoms with Crippen LogP contribution in [0.2, 0.25) is 0 Å². The zero-order valence-corrected chi connectivity index (χ0v) is 11.5. The van der Waals surface area contributed by atoms with Gasteiger partial charge in [-0.1, -0.05) is 6.92 Å². The number of piperidine rings is 1. The zero-order valence-electron chi connectivity index (χ0n) is 11.5. The number of nitrogens with zero attached hydrogens (tertiary/aromatic N) is 2. The van der Waals surface area contributed by atoms with Gasteiger partial charge in [-0.15, -0.1) is 0 Å². The number of nitrogens with one attached hydrogen (secondary N) is 1. The van der Waals surface area contributed by atoms with Gasteiger partial charge in [-0.3, -0.25) is 4.79 Å². The summed E-state index contributed by atoms with van der Waals surface area (Å²) >= 11 is 0. The predicted molar refractivity (Wildman–Crippen MR) is 68.7 cm³/mol. The molecule has 0 aromatic carbocycles. The second-order valence-corrected chi connectivity index (χ2v) is 4.83. The molecule has 2 N–H and O–H groups in total. The molecule has 1 rings (SSSR count). The van der Waals surface area contributed by atoms with Crippen LogP contribution >= 0.6 is 0 Å². The molecule has 7 heteroatoms. The molecule has 7 nitrogen and oxygen atoms in total. The molecule has 3 amide bonds. The maximum absolute atomic E-state index is 12.0. The fraction of sp³-hybridized carbons (Fsp3) is 0.750. The highest BCUT2D eigenvalue weighted by molar-refractivity contribution is 5.83. The average molecular weight is 271 g/mol. The van der Waals surface area contributed by atoms with Crippen LogP contribution in [-0.4, -0.2) is 65.5 Å². The lowest BCUT2D eigenvalue weighted by Crippen LogP contribution is -2.54. The van der Waals surface area contributed by atoms with Crippen molar-refractivity contribution in [2.24, 2.45) is 0 Å². The molecule has 0 radical (unpaired) electrons. The van der Waals surface area contributed by atoms with E-state index in [1.807, 2.05) is 0 Å². The van der Waals surface area contributed by atoms with Gasteiger partial charge in [0.05, 0.1) is 0 Å². The van der Waals surface area contributed by atoms with E-state index in [2.05, 4.69) is 5.32 Å². The molecule has 0 aliphatic carbocycles. The zero-order chi connectivity index (χ0) is 14.6. The van der Waals surface area contributed by atoms with Crippen LogP contribution in [0.25, 0.3) is 0 Å². The predicted octanol–water partition coefficient (Wildman–Crippen LogP) is 0.112. The van der Waals surface area contributed by atoms with E-state index in [9.17, 15) is 14.4 Å². The summed E-state index contributed by atoms with van der Waals surface area (Å²) in [6.45, 7) is 2.18. The molecule has 2 atom stereocenters. The molecule has 19 heavy (non-hydrogen) atoms. The number of carboxylic acids is 1. The number of carbonyl (C=O) groups is 3. The largest absolute Gasteiger partial charge is 0.480 e. The van der Waals surface area contributed by atoms with Crippen LogP contribution in [0.4, 0.5) is 4.79 Å².